The van der Waals surface area contributed by atoms with Gasteiger partial charge in [-0.05, 0) is 49.4 Å². The lowest BCUT2D eigenvalue weighted by Gasteiger charge is -2.36. The van der Waals surface area contributed by atoms with Gasteiger partial charge in [-0.15, -0.1) is 11.3 Å². The Morgan fingerprint density at radius 2 is 1.93 bits per heavy atom. The second-order valence-corrected chi connectivity index (χ2v) is 8.92. The van der Waals surface area contributed by atoms with E-state index in [1.165, 1.54) is 22.6 Å². The highest BCUT2D eigenvalue weighted by Crippen LogP contribution is 2.31. The summed E-state index contributed by atoms with van der Waals surface area (Å²) in [5.41, 5.74) is 2.02. The van der Waals surface area contributed by atoms with Gasteiger partial charge < -0.3 is 5.32 Å². The summed E-state index contributed by atoms with van der Waals surface area (Å²) >= 11 is 1.73. The summed E-state index contributed by atoms with van der Waals surface area (Å²) in [4.78, 5) is 30.5. The van der Waals surface area contributed by atoms with E-state index in [0.29, 0.717) is 17.8 Å². The standard InChI is InChI=1S/C23H27N3O2S/c1-16-9-11-25(12-10-16)20(21-8-5-13-29-21)14-24-22(27)15-26-17(2)18-6-3-4-7-19(18)23(26)28/h3-8,13,16,20H,2,9-12,14-15H2,1H3,(H,24,27). The molecule has 1 atom stereocenters. The molecule has 1 N–H and O–H groups in total. The Morgan fingerprint density at radius 3 is 2.59 bits per heavy atom. The highest BCUT2D eigenvalue weighted by atomic mass is 32.1. The van der Waals surface area contributed by atoms with Crippen molar-refractivity contribution in [1.29, 1.82) is 0 Å². The molecule has 4 rings (SSSR count). The molecule has 0 bridgehead atoms. The molecule has 0 spiro atoms. The van der Waals surface area contributed by atoms with Crippen molar-refractivity contribution in [3.63, 3.8) is 0 Å². The average molecular weight is 410 g/mol. The Bertz CT molecular complexity index is 866. The quantitative estimate of drug-likeness (QED) is 0.790. The van der Waals surface area contributed by atoms with Crippen LogP contribution in [0.4, 0.5) is 0 Å². The number of hydrogen-bond donors (Lipinski definition) is 1. The van der Waals surface area contributed by atoms with Crippen LogP contribution in [0, 0.1) is 5.92 Å². The summed E-state index contributed by atoms with van der Waals surface area (Å²) in [7, 11) is 0. The van der Waals surface area contributed by atoms with Crippen LogP contribution < -0.4 is 5.32 Å². The van der Waals surface area contributed by atoms with E-state index >= 15 is 0 Å². The van der Waals surface area contributed by atoms with Gasteiger partial charge in [0.25, 0.3) is 5.91 Å². The van der Waals surface area contributed by atoms with Crippen molar-refractivity contribution in [2.24, 2.45) is 5.92 Å². The maximum Gasteiger partial charge on any atom is 0.259 e. The summed E-state index contributed by atoms with van der Waals surface area (Å²) in [6.45, 7) is 8.97. The second-order valence-electron chi connectivity index (χ2n) is 7.94. The lowest BCUT2D eigenvalue weighted by atomic mass is 9.97. The Balaban J connectivity index is 1.39. The Hall–Kier alpha value is -2.44. The Labute approximate surface area is 176 Å². The van der Waals surface area contributed by atoms with Crippen molar-refractivity contribution in [3.05, 3.63) is 64.4 Å². The topological polar surface area (TPSA) is 52.7 Å². The summed E-state index contributed by atoms with van der Waals surface area (Å²) in [5.74, 6) is 0.457. The lowest BCUT2D eigenvalue weighted by Crippen LogP contribution is -2.44. The van der Waals surface area contributed by atoms with E-state index in [-0.39, 0.29) is 24.4 Å². The third-order valence-electron chi connectivity index (χ3n) is 5.96. The molecule has 1 fully saturated rings. The van der Waals surface area contributed by atoms with Crippen molar-refractivity contribution < 1.29 is 9.59 Å². The maximum absolute atomic E-state index is 12.7. The minimum Gasteiger partial charge on any atom is -0.353 e. The molecule has 1 saturated heterocycles. The number of nitrogens with zero attached hydrogens (tertiary/aromatic N) is 2. The number of benzene rings is 1. The van der Waals surface area contributed by atoms with E-state index in [9.17, 15) is 9.59 Å². The van der Waals surface area contributed by atoms with E-state index in [2.05, 4.69) is 41.2 Å². The number of piperidine rings is 1. The number of fused-ring (bicyclic) bond motifs is 1. The molecular formula is C23H27N3O2S. The van der Waals surface area contributed by atoms with Gasteiger partial charge in [0.1, 0.15) is 6.54 Å². The van der Waals surface area contributed by atoms with E-state index in [1.807, 2.05) is 18.2 Å². The maximum atomic E-state index is 12.7. The summed E-state index contributed by atoms with van der Waals surface area (Å²) in [6, 6.07) is 11.8. The molecule has 1 aromatic carbocycles. The van der Waals surface area contributed by atoms with Crippen molar-refractivity contribution in [3.8, 4) is 0 Å². The highest BCUT2D eigenvalue weighted by molar-refractivity contribution is 7.10. The van der Waals surface area contributed by atoms with Crippen LogP contribution in [0.15, 0.2) is 48.4 Å². The van der Waals surface area contributed by atoms with Crippen molar-refractivity contribution in [2.75, 3.05) is 26.2 Å². The highest BCUT2D eigenvalue weighted by Gasteiger charge is 2.32. The number of amides is 2. The van der Waals surface area contributed by atoms with Gasteiger partial charge in [-0.3, -0.25) is 19.4 Å². The zero-order valence-electron chi connectivity index (χ0n) is 16.8. The first-order chi connectivity index (χ1) is 14.0. The first-order valence-electron chi connectivity index (χ1n) is 10.2. The van der Waals surface area contributed by atoms with Gasteiger partial charge in [0.15, 0.2) is 0 Å². The fourth-order valence-electron chi connectivity index (χ4n) is 4.14. The molecule has 6 heteroatoms. The molecule has 152 valence electrons. The number of carbonyl (C=O) groups excluding carboxylic acids is 2. The van der Waals surface area contributed by atoms with Gasteiger partial charge in [0.2, 0.25) is 5.91 Å². The van der Waals surface area contributed by atoms with Crippen LogP contribution in [0.5, 0.6) is 0 Å². The minimum absolute atomic E-state index is 0.000537. The number of thiophene rings is 1. The summed E-state index contributed by atoms with van der Waals surface area (Å²) < 4.78 is 0. The van der Waals surface area contributed by atoms with Crippen LogP contribution in [0.1, 0.15) is 46.6 Å². The third kappa shape index (κ3) is 4.14. The molecule has 0 aliphatic carbocycles. The number of likely N-dealkylation sites (tertiary alicyclic amines) is 1. The molecule has 29 heavy (non-hydrogen) atoms. The predicted molar refractivity (Wildman–Crippen MR) is 117 cm³/mol. The van der Waals surface area contributed by atoms with E-state index in [0.717, 1.165) is 24.6 Å². The van der Waals surface area contributed by atoms with Crippen LogP contribution in [-0.2, 0) is 4.79 Å². The molecule has 2 amide bonds. The SMILES string of the molecule is C=C1c2ccccc2C(=O)N1CC(=O)NCC(c1cccs1)N1CCC(C)CC1. The smallest absolute Gasteiger partial charge is 0.259 e. The molecular weight excluding hydrogens is 382 g/mol. The molecule has 0 radical (unpaired) electrons. The normalized spacial score (nSPS) is 18.7. The summed E-state index contributed by atoms with van der Waals surface area (Å²) in [5, 5.41) is 5.15. The molecule has 2 aliphatic rings. The van der Waals surface area contributed by atoms with Gasteiger partial charge in [0.05, 0.1) is 6.04 Å². The van der Waals surface area contributed by atoms with Crippen molar-refractivity contribution >= 4 is 28.8 Å². The van der Waals surface area contributed by atoms with Gasteiger partial charge in [-0.2, -0.15) is 0 Å². The van der Waals surface area contributed by atoms with Crippen LogP contribution in [0.25, 0.3) is 5.70 Å². The van der Waals surface area contributed by atoms with Gasteiger partial charge in [-0.25, -0.2) is 0 Å². The Morgan fingerprint density at radius 1 is 1.21 bits per heavy atom. The minimum atomic E-state index is -0.153. The predicted octanol–water partition coefficient (Wildman–Crippen LogP) is 3.76. The molecule has 5 nitrogen and oxygen atoms in total. The molecule has 2 aromatic rings. The number of carbonyl (C=O) groups is 2. The first-order valence-corrected chi connectivity index (χ1v) is 11.1. The number of nitrogens with one attached hydrogen (secondary N) is 1. The Kier molecular flexibility index (Phi) is 5.83. The first kappa shape index (κ1) is 19.9. The van der Waals surface area contributed by atoms with Gasteiger partial charge >= 0.3 is 0 Å². The molecule has 2 aliphatic heterocycles. The van der Waals surface area contributed by atoms with Crippen LogP contribution >= 0.6 is 11.3 Å². The molecule has 1 unspecified atom stereocenters. The van der Waals surface area contributed by atoms with E-state index < -0.39 is 0 Å². The summed E-state index contributed by atoms with van der Waals surface area (Å²) in [6.07, 6.45) is 2.38. The fourth-order valence-corrected chi connectivity index (χ4v) is 5.00. The van der Waals surface area contributed by atoms with Crippen LogP contribution in [-0.4, -0.2) is 47.8 Å². The number of hydrogen-bond acceptors (Lipinski definition) is 4. The zero-order valence-corrected chi connectivity index (χ0v) is 17.6. The second kappa shape index (κ2) is 8.51. The number of rotatable bonds is 6. The molecule has 1 aromatic heterocycles. The van der Waals surface area contributed by atoms with Crippen molar-refractivity contribution in [1.82, 2.24) is 15.1 Å². The van der Waals surface area contributed by atoms with Gasteiger partial charge in [-0.1, -0.05) is 37.8 Å². The average Bonchev–Trinajstić information content (AvgIpc) is 3.34. The molecule has 0 saturated carbocycles. The fraction of sp³-hybridized carbons (Fsp3) is 0.391. The van der Waals surface area contributed by atoms with Crippen molar-refractivity contribution in [2.45, 2.75) is 25.8 Å². The van der Waals surface area contributed by atoms with E-state index in [1.54, 1.807) is 17.4 Å². The largest absolute Gasteiger partial charge is 0.353 e. The van der Waals surface area contributed by atoms with Crippen LogP contribution in [0.3, 0.4) is 0 Å². The van der Waals surface area contributed by atoms with Gasteiger partial charge in [0, 0.05) is 28.2 Å². The monoisotopic (exact) mass is 409 g/mol. The van der Waals surface area contributed by atoms with E-state index in [4.69, 9.17) is 0 Å². The lowest BCUT2D eigenvalue weighted by molar-refractivity contribution is -0.121. The molecule has 3 heterocycles. The zero-order chi connectivity index (χ0) is 20.4. The third-order valence-corrected chi connectivity index (χ3v) is 6.94. The van der Waals surface area contributed by atoms with Crippen LogP contribution in [0.2, 0.25) is 0 Å².